The molecular formula is C21H22BrNO4. The molecule has 0 unspecified atom stereocenters. The molecule has 2 aromatic carbocycles. The molecule has 1 N–H and O–H groups in total. The summed E-state index contributed by atoms with van der Waals surface area (Å²) >= 11 is 3.43. The smallest absolute Gasteiger partial charge is 0.231 e. The number of ether oxygens (including phenoxy) is 2. The van der Waals surface area contributed by atoms with Crippen LogP contribution in [0.3, 0.4) is 0 Å². The van der Waals surface area contributed by atoms with E-state index in [9.17, 15) is 9.90 Å². The molecule has 1 heterocycles. The minimum Gasteiger partial charge on any atom is -0.872 e. The van der Waals surface area contributed by atoms with E-state index in [1.807, 2.05) is 18.2 Å². The van der Waals surface area contributed by atoms with Gasteiger partial charge in [-0.3, -0.25) is 4.79 Å². The van der Waals surface area contributed by atoms with Crippen LogP contribution < -0.4 is 19.5 Å². The van der Waals surface area contributed by atoms with Crippen LogP contribution in [0.2, 0.25) is 0 Å². The van der Waals surface area contributed by atoms with E-state index < -0.39 is 0 Å². The molecule has 5 nitrogen and oxygen atoms in total. The number of hydrogen-bond donors (Lipinski definition) is 1. The number of Topliss-reactive ketones (excluding diaryl/α,β-unsaturated/α-hetero) is 1. The van der Waals surface area contributed by atoms with Crippen molar-refractivity contribution in [3.8, 4) is 17.2 Å². The number of halogens is 1. The lowest BCUT2D eigenvalue weighted by molar-refractivity contribution is -0.910. The Hall–Kier alpha value is -2.31. The molecule has 0 saturated heterocycles. The van der Waals surface area contributed by atoms with Gasteiger partial charge in [-0.05, 0) is 44.2 Å². The van der Waals surface area contributed by atoms with Gasteiger partial charge in [-0.2, -0.15) is 0 Å². The lowest BCUT2D eigenvalue weighted by Crippen LogP contribution is -3.10. The van der Waals surface area contributed by atoms with Gasteiger partial charge in [0.2, 0.25) is 5.78 Å². The van der Waals surface area contributed by atoms with Gasteiger partial charge in [0, 0.05) is 15.6 Å². The molecular weight excluding hydrogens is 410 g/mol. The fourth-order valence-corrected chi connectivity index (χ4v) is 3.54. The fraction of sp³-hybridized carbons (Fsp3) is 0.286. The third kappa shape index (κ3) is 3.87. The summed E-state index contributed by atoms with van der Waals surface area (Å²) in [7, 11) is 1.58. The molecule has 0 amide bonds. The van der Waals surface area contributed by atoms with Crippen molar-refractivity contribution in [1.82, 2.24) is 0 Å². The van der Waals surface area contributed by atoms with Gasteiger partial charge in [-0.25, -0.2) is 0 Å². The summed E-state index contributed by atoms with van der Waals surface area (Å²) < 4.78 is 12.1. The molecule has 0 radical (unpaired) electrons. The van der Waals surface area contributed by atoms with Crippen LogP contribution in [-0.2, 0) is 6.54 Å². The van der Waals surface area contributed by atoms with E-state index >= 15 is 0 Å². The summed E-state index contributed by atoms with van der Waals surface area (Å²) in [5, 5.41) is 12.4. The van der Waals surface area contributed by atoms with Crippen molar-refractivity contribution >= 4 is 27.8 Å². The highest BCUT2D eigenvalue weighted by atomic mass is 79.9. The number of carbonyl (C=O) groups is 1. The number of carbonyl (C=O) groups excluding carboxylic acids is 1. The zero-order valence-electron chi connectivity index (χ0n) is 15.6. The molecule has 0 atom stereocenters. The largest absolute Gasteiger partial charge is 0.872 e. The standard InChI is InChI=1S/C21H22BrNO4/c1-4-23(5-2)12-16-17(24)8-7-15-20(25)19(27-21(15)16)11-13-10-14(22)6-9-18(13)26-3/h6-11,24H,4-5,12H2,1-3H3. The van der Waals surface area contributed by atoms with Gasteiger partial charge < -0.3 is 19.5 Å². The predicted molar refractivity (Wildman–Crippen MR) is 105 cm³/mol. The van der Waals surface area contributed by atoms with Gasteiger partial charge in [0.1, 0.15) is 18.0 Å². The average Bonchev–Trinajstić information content (AvgIpc) is 2.97. The topological polar surface area (TPSA) is 63.0 Å². The van der Waals surface area contributed by atoms with Gasteiger partial charge >= 0.3 is 0 Å². The van der Waals surface area contributed by atoms with Crippen molar-refractivity contribution in [3.63, 3.8) is 0 Å². The Labute approximate surface area is 167 Å². The number of methoxy groups -OCH3 is 1. The first kappa shape index (κ1) is 19.5. The molecule has 0 spiro atoms. The number of ketones is 1. The Balaban J connectivity index is 2.01. The first-order valence-corrected chi connectivity index (χ1v) is 9.72. The first-order valence-electron chi connectivity index (χ1n) is 8.92. The number of fused-ring (bicyclic) bond motifs is 1. The summed E-state index contributed by atoms with van der Waals surface area (Å²) in [5.74, 6) is 0.912. The van der Waals surface area contributed by atoms with E-state index in [1.165, 1.54) is 11.0 Å². The van der Waals surface area contributed by atoms with E-state index in [1.54, 1.807) is 19.3 Å². The van der Waals surface area contributed by atoms with Gasteiger partial charge in [-0.15, -0.1) is 0 Å². The van der Waals surface area contributed by atoms with Crippen LogP contribution in [0.4, 0.5) is 0 Å². The number of rotatable bonds is 6. The van der Waals surface area contributed by atoms with E-state index in [4.69, 9.17) is 9.47 Å². The Bertz CT molecular complexity index is 903. The maximum Gasteiger partial charge on any atom is 0.231 e. The first-order chi connectivity index (χ1) is 13.0. The van der Waals surface area contributed by atoms with Crippen LogP contribution in [0.15, 0.2) is 40.6 Å². The van der Waals surface area contributed by atoms with Crippen molar-refractivity contribution in [2.75, 3.05) is 20.2 Å². The van der Waals surface area contributed by atoms with E-state index in [0.717, 1.165) is 23.1 Å². The van der Waals surface area contributed by atoms with E-state index in [2.05, 4.69) is 29.8 Å². The molecule has 0 aromatic heterocycles. The molecule has 6 heteroatoms. The zero-order chi connectivity index (χ0) is 19.6. The van der Waals surface area contributed by atoms with Crippen molar-refractivity contribution in [1.29, 1.82) is 0 Å². The lowest BCUT2D eigenvalue weighted by atomic mass is 10.0. The Morgan fingerprint density at radius 1 is 1.22 bits per heavy atom. The second kappa shape index (κ2) is 8.15. The molecule has 142 valence electrons. The molecule has 27 heavy (non-hydrogen) atoms. The molecule has 0 fully saturated rings. The highest BCUT2D eigenvalue weighted by molar-refractivity contribution is 9.10. The van der Waals surface area contributed by atoms with E-state index in [-0.39, 0.29) is 17.3 Å². The average molecular weight is 432 g/mol. The second-order valence-electron chi connectivity index (χ2n) is 6.38. The predicted octanol–water partition coefficient (Wildman–Crippen LogP) is 2.57. The Morgan fingerprint density at radius 2 is 1.96 bits per heavy atom. The van der Waals surface area contributed by atoms with Gasteiger partial charge in [0.15, 0.2) is 5.76 Å². The minimum absolute atomic E-state index is 0.0952. The van der Waals surface area contributed by atoms with Crippen LogP contribution in [0.25, 0.3) is 6.08 Å². The van der Waals surface area contributed by atoms with Gasteiger partial charge in [0.05, 0.1) is 25.8 Å². The summed E-state index contributed by atoms with van der Waals surface area (Å²) in [6.07, 6.45) is 1.66. The second-order valence-corrected chi connectivity index (χ2v) is 7.29. The van der Waals surface area contributed by atoms with Crippen LogP contribution >= 0.6 is 15.9 Å². The van der Waals surface area contributed by atoms with Crippen molar-refractivity contribution in [2.24, 2.45) is 0 Å². The lowest BCUT2D eigenvalue weighted by Gasteiger charge is -2.21. The highest BCUT2D eigenvalue weighted by Crippen LogP contribution is 2.39. The van der Waals surface area contributed by atoms with Crippen LogP contribution in [-0.4, -0.2) is 26.0 Å². The quantitative estimate of drug-likeness (QED) is 0.713. The number of hydrogen-bond acceptors (Lipinski definition) is 4. The highest BCUT2D eigenvalue weighted by Gasteiger charge is 2.31. The molecule has 2 aromatic rings. The molecule has 1 aliphatic rings. The monoisotopic (exact) mass is 431 g/mol. The number of allylic oxidation sites excluding steroid dienone is 1. The van der Waals surface area contributed by atoms with Crippen LogP contribution in [0, 0.1) is 0 Å². The Kier molecular flexibility index (Phi) is 5.87. The number of benzene rings is 2. The molecule has 1 aliphatic heterocycles. The summed E-state index contributed by atoms with van der Waals surface area (Å²) in [5.41, 5.74) is 1.72. The molecule has 0 bridgehead atoms. The normalized spacial score (nSPS) is 14.6. The van der Waals surface area contributed by atoms with Crippen LogP contribution in [0.1, 0.15) is 35.3 Å². The zero-order valence-corrected chi connectivity index (χ0v) is 17.2. The number of quaternary nitrogens is 1. The van der Waals surface area contributed by atoms with Gasteiger partial charge in [0.25, 0.3) is 0 Å². The van der Waals surface area contributed by atoms with Crippen molar-refractivity contribution < 1.29 is 24.3 Å². The third-order valence-electron chi connectivity index (χ3n) is 4.80. The number of nitrogens with one attached hydrogen (secondary N) is 1. The summed E-state index contributed by atoms with van der Waals surface area (Å²) in [6, 6.07) is 8.54. The van der Waals surface area contributed by atoms with Crippen LogP contribution in [0.5, 0.6) is 17.2 Å². The van der Waals surface area contributed by atoms with Gasteiger partial charge in [-0.1, -0.05) is 27.7 Å². The molecule has 3 rings (SSSR count). The van der Waals surface area contributed by atoms with Crippen molar-refractivity contribution in [3.05, 3.63) is 57.3 Å². The SMILES string of the molecule is CC[NH+](CC)Cc1c([O-])ccc2c1OC(=Cc1cc(Br)ccc1OC)C2=O. The Morgan fingerprint density at radius 3 is 2.63 bits per heavy atom. The third-order valence-corrected chi connectivity index (χ3v) is 5.30. The molecule has 0 aliphatic carbocycles. The fourth-order valence-electron chi connectivity index (χ4n) is 3.17. The minimum atomic E-state index is -0.220. The molecule has 0 saturated carbocycles. The summed E-state index contributed by atoms with van der Waals surface area (Å²) in [4.78, 5) is 14.1. The maximum absolute atomic E-state index is 12.8. The van der Waals surface area contributed by atoms with E-state index in [0.29, 0.717) is 29.2 Å². The van der Waals surface area contributed by atoms with Crippen molar-refractivity contribution in [2.45, 2.75) is 20.4 Å². The maximum atomic E-state index is 12.8. The summed E-state index contributed by atoms with van der Waals surface area (Å²) in [6.45, 7) is 6.47.